The molecule has 0 aliphatic rings. The smallest absolute Gasteiger partial charge is 0.332 e. The molecule has 0 saturated heterocycles. The SMILES string of the molecule is C=CCSCCNC(=O)NCCC(O)C(=O)O. The van der Waals surface area contributed by atoms with Gasteiger partial charge in [-0.05, 0) is 0 Å². The summed E-state index contributed by atoms with van der Waals surface area (Å²) in [5.41, 5.74) is 0. The lowest BCUT2D eigenvalue weighted by Crippen LogP contribution is -2.38. The lowest BCUT2D eigenvalue weighted by molar-refractivity contribution is -0.146. The molecule has 0 aromatic rings. The van der Waals surface area contributed by atoms with E-state index in [1.165, 1.54) is 0 Å². The number of hydrogen-bond acceptors (Lipinski definition) is 4. The summed E-state index contributed by atoms with van der Waals surface area (Å²) < 4.78 is 0. The molecule has 4 N–H and O–H groups in total. The standard InChI is InChI=1S/C10H18N2O4S/c1-2-6-17-7-5-12-10(16)11-4-3-8(13)9(14)15/h2,8,13H,1,3-7H2,(H,14,15)(H2,11,12,16). The van der Waals surface area contributed by atoms with Crippen LogP contribution < -0.4 is 10.6 Å². The van der Waals surface area contributed by atoms with Gasteiger partial charge in [0.05, 0.1) is 0 Å². The molecule has 0 radical (unpaired) electrons. The van der Waals surface area contributed by atoms with Crippen LogP contribution in [0.15, 0.2) is 12.7 Å². The molecule has 17 heavy (non-hydrogen) atoms. The van der Waals surface area contributed by atoms with Crippen molar-refractivity contribution in [3.05, 3.63) is 12.7 Å². The van der Waals surface area contributed by atoms with Gasteiger partial charge in [-0.15, -0.1) is 6.58 Å². The van der Waals surface area contributed by atoms with Crippen LogP contribution in [0.2, 0.25) is 0 Å². The zero-order valence-electron chi connectivity index (χ0n) is 9.52. The fourth-order valence-corrected chi connectivity index (χ4v) is 1.49. The Hall–Kier alpha value is -1.21. The molecule has 7 heteroatoms. The van der Waals surface area contributed by atoms with Gasteiger partial charge in [0, 0.05) is 31.0 Å². The van der Waals surface area contributed by atoms with Gasteiger partial charge in [0.25, 0.3) is 0 Å². The van der Waals surface area contributed by atoms with E-state index < -0.39 is 12.1 Å². The fourth-order valence-electron chi connectivity index (χ4n) is 0.912. The van der Waals surface area contributed by atoms with Gasteiger partial charge in [0.2, 0.25) is 0 Å². The van der Waals surface area contributed by atoms with Gasteiger partial charge in [-0.3, -0.25) is 0 Å². The number of aliphatic hydroxyl groups excluding tert-OH is 1. The summed E-state index contributed by atoms with van der Waals surface area (Å²) in [5, 5.41) is 22.4. The normalized spacial score (nSPS) is 11.6. The average molecular weight is 262 g/mol. The van der Waals surface area contributed by atoms with E-state index in [0.29, 0.717) is 6.54 Å². The summed E-state index contributed by atoms with van der Waals surface area (Å²) in [5.74, 6) is 0.346. The molecule has 6 nitrogen and oxygen atoms in total. The molecule has 1 atom stereocenters. The maximum Gasteiger partial charge on any atom is 0.332 e. The second-order valence-electron chi connectivity index (χ2n) is 3.19. The Morgan fingerprint density at radius 1 is 1.35 bits per heavy atom. The molecule has 98 valence electrons. The predicted molar refractivity (Wildman–Crippen MR) is 67.2 cm³/mol. The first-order valence-electron chi connectivity index (χ1n) is 5.19. The number of amides is 2. The van der Waals surface area contributed by atoms with Gasteiger partial charge in [0.15, 0.2) is 6.10 Å². The molecular weight excluding hydrogens is 244 g/mol. The Morgan fingerprint density at radius 2 is 2.00 bits per heavy atom. The summed E-state index contributed by atoms with van der Waals surface area (Å²) in [6, 6.07) is -0.359. The van der Waals surface area contributed by atoms with Crippen molar-refractivity contribution in [2.75, 3.05) is 24.6 Å². The zero-order chi connectivity index (χ0) is 13.1. The molecule has 2 amide bonds. The summed E-state index contributed by atoms with van der Waals surface area (Å²) in [4.78, 5) is 21.4. The Labute approximate surface area is 104 Å². The minimum atomic E-state index is -1.43. The van der Waals surface area contributed by atoms with Crippen molar-refractivity contribution in [2.45, 2.75) is 12.5 Å². The van der Waals surface area contributed by atoms with Crippen LogP contribution in [0.3, 0.4) is 0 Å². The van der Waals surface area contributed by atoms with E-state index in [1.807, 2.05) is 0 Å². The van der Waals surface area contributed by atoms with Gasteiger partial charge < -0.3 is 20.8 Å². The van der Waals surface area contributed by atoms with Crippen LogP contribution in [0, 0.1) is 0 Å². The zero-order valence-corrected chi connectivity index (χ0v) is 10.3. The third-order valence-electron chi connectivity index (χ3n) is 1.76. The minimum absolute atomic E-state index is 0.00598. The van der Waals surface area contributed by atoms with E-state index in [4.69, 9.17) is 10.2 Å². The molecule has 0 spiro atoms. The first kappa shape index (κ1) is 15.8. The second kappa shape index (κ2) is 9.98. The average Bonchev–Trinajstić information content (AvgIpc) is 2.28. The number of carbonyl (C=O) groups is 2. The number of urea groups is 1. The first-order valence-corrected chi connectivity index (χ1v) is 6.34. The molecule has 0 fully saturated rings. The molecule has 0 heterocycles. The molecule has 0 rings (SSSR count). The third-order valence-corrected chi connectivity index (χ3v) is 2.72. The molecule has 0 bridgehead atoms. The number of thioether (sulfide) groups is 1. The Balaban J connectivity index is 3.40. The van der Waals surface area contributed by atoms with E-state index in [2.05, 4.69) is 17.2 Å². The number of aliphatic carboxylic acids is 1. The van der Waals surface area contributed by atoms with Crippen molar-refractivity contribution in [1.29, 1.82) is 0 Å². The highest BCUT2D eigenvalue weighted by Gasteiger charge is 2.12. The van der Waals surface area contributed by atoms with Crippen LogP contribution in [-0.2, 0) is 4.79 Å². The number of nitrogens with one attached hydrogen (secondary N) is 2. The quantitative estimate of drug-likeness (QED) is 0.347. The molecule has 0 aromatic carbocycles. The summed E-state index contributed by atoms with van der Waals surface area (Å²) in [7, 11) is 0. The van der Waals surface area contributed by atoms with Crippen molar-refractivity contribution in [2.24, 2.45) is 0 Å². The van der Waals surface area contributed by atoms with Crippen molar-refractivity contribution in [3.63, 3.8) is 0 Å². The van der Waals surface area contributed by atoms with Crippen LogP contribution in [0.25, 0.3) is 0 Å². The molecule has 0 aliphatic heterocycles. The van der Waals surface area contributed by atoms with Gasteiger partial charge in [-0.25, -0.2) is 9.59 Å². The maximum absolute atomic E-state index is 11.1. The fraction of sp³-hybridized carbons (Fsp3) is 0.600. The second-order valence-corrected chi connectivity index (χ2v) is 4.34. The summed E-state index contributed by atoms with van der Waals surface area (Å²) in [6.07, 6.45) is 0.352. The van der Waals surface area contributed by atoms with Crippen LogP contribution in [-0.4, -0.2) is 52.9 Å². The van der Waals surface area contributed by atoms with E-state index in [-0.39, 0.29) is 19.0 Å². The maximum atomic E-state index is 11.1. The van der Waals surface area contributed by atoms with Crippen molar-refractivity contribution in [1.82, 2.24) is 10.6 Å². The number of carbonyl (C=O) groups excluding carboxylic acids is 1. The van der Waals surface area contributed by atoms with Crippen LogP contribution >= 0.6 is 11.8 Å². The lowest BCUT2D eigenvalue weighted by Gasteiger charge is -2.08. The topological polar surface area (TPSA) is 98.7 Å². The van der Waals surface area contributed by atoms with Gasteiger partial charge >= 0.3 is 12.0 Å². The van der Waals surface area contributed by atoms with Crippen molar-refractivity contribution >= 4 is 23.8 Å². The van der Waals surface area contributed by atoms with Crippen molar-refractivity contribution < 1.29 is 19.8 Å². The Bertz CT molecular complexity index is 261. The first-order chi connectivity index (χ1) is 8.07. The number of carboxylic acid groups (broad SMARTS) is 1. The highest BCUT2D eigenvalue weighted by Crippen LogP contribution is 1.96. The Kier molecular flexibility index (Phi) is 9.27. The minimum Gasteiger partial charge on any atom is -0.479 e. The van der Waals surface area contributed by atoms with E-state index in [0.717, 1.165) is 11.5 Å². The number of aliphatic hydroxyl groups is 1. The molecule has 1 unspecified atom stereocenters. The van der Waals surface area contributed by atoms with Gasteiger partial charge in [0.1, 0.15) is 0 Å². The van der Waals surface area contributed by atoms with E-state index >= 15 is 0 Å². The molecular formula is C10H18N2O4S. The van der Waals surface area contributed by atoms with Gasteiger partial charge in [-0.1, -0.05) is 6.08 Å². The van der Waals surface area contributed by atoms with Crippen LogP contribution in [0.1, 0.15) is 6.42 Å². The monoisotopic (exact) mass is 262 g/mol. The number of rotatable bonds is 9. The van der Waals surface area contributed by atoms with E-state index in [9.17, 15) is 9.59 Å². The lowest BCUT2D eigenvalue weighted by atomic mass is 10.2. The van der Waals surface area contributed by atoms with Crippen molar-refractivity contribution in [3.8, 4) is 0 Å². The van der Waals surface area contributed by atoms with E-state index in [1.54, 1.807) is 17.8 Å². The molecule has 0 aliphatic carbocycles. The Morgan fingerprint density at radius 3 is 2.59 bits per heavy atom. The largest absolute Gasteiger partial charge is 0.479 e. The highest BCUT2D eigenvalue weighted by atomic mass is 32.2. The number of hydrogen-bond donors (Lipinski definition) is 4. The predicted octanol–water partition coefficient (Wildman–Crippen LogP) is 0.0404. The van der Waals surface area contributed by atoms with Crippen LogP contribution in [0.5, 0.6) is 0 Å². The van der Waals surface area contributed by atoms with Gasteiger partial charge in [-0.2, -0.15) is 11.8 Å². The summed E-state index contributed by atoms with van der Waals surface area (Å²) in [6.45, 7) is 4.23. The summed E-state index contributed by atoms with van der Waals surface area (Å²) >= 11 is 1.65. The molecule has 0 aromatic heterocycles. The number of carboxylic acids is 1. The van der Waals surface area contributed by atoms with Crippen LogP contribution in [0.4, 0.5) is 4.79 Å². The highest BCUT2D eigenvalue weighted by molar-refractivity contribution is 7.99. The third kappa shape index (κ3) is 9.70. The molecule has 0 saturated carbocycles.